The van der Waals surface area contributed by atoms with Gasteiger partial charge in [0.1, 0.15) is 36.7 Å². The Bertz CT molecular complexity index is 2010. The van der Waals surface area contributed by atoms with Gasteiger partial charge in [-0.3, -0.25) is 24.1 Å². The van der Waals surface area contributed by atoms with E-state index in [0.29, 0.717) is 18.0 Å². The Morgan fingerprint density at radius 3 is 2.23 bits per heavy atom. The third-order valence-electron chi connectivity index (χ3n) is 10.8. The molecule has 6 unspecified atom stereocenters. The summed E-state index contributed by atoms with van der Waals surface area (Å²) in [6.07, 6.45) is 3.38. The molecule has 330 valence electrons. The average Bonchev–Trinajstić information content (AvgIpc) is 3.18. The van der Waals surface area contributed by atoms with Crippen molar-refractivity contribution in [1.29, 1.82) is 0 Å². The number of nitrogens with zero attached hydrogens (tertiary/aromatic N) is 2. The lowest BCUT2D eigenvalue weighted by molar-refractivity contribution is -0.166. The van der Waals surface area contributed by atoms with E-state index in [4.69, 9.17) is 19.9 Å². The van der Waals surface area contributed by atoms with Crippen LogP contribution >= 0.6 is 0 Å². The van der Waals surface area contributed by atoms with E-state index < -0.39 is 84.7 Å². The van der Waals surface area contributed by atoms with Gasteiger partial charge in [-0.05, 0) is 96.9 Å². The predicted molar refractivity (Wildman–Crippen MR) is 229 cm³/mol. The van der Waals surface area contributed by atoms with Crippen LogP contribution in [0.5, 0.6) is 0 Å². The van der Waals surface area contributed by atoms with Gasteiger partial charge >= 0.3 is 11.9 Å². The van der Waals surface area contributed by atoms with Crippen LogP contribution in [0.2, 0.25) is 0 Å². The fourth-order valence-corrected chi connectivity index (χ4v) is 8.29. The zero-order valence-corrected chi connectivity index (χ0v) is 36.2. The normalized spacial score (nSPS) is 19.7. The molecule has 0 radical (unpaired) electrons. The van der Waals surface area contributed by atoms with E-state index in [9.17, 15) is 28.8 Å². The number of nitrogens with one attached hydrogen (secondary N) is 3. The largest absolute Gasteiger partial charge is 0.458 e. The lowest BCUT2D eigenvalue weighted by Crippen LogP contribution is -2.63. The number of primary amides is 1. The zero-order valence-electron chi connectivity index (χ0n) is 36.2. The van der Waals surface area contributed by atoms with Crippen molar-refractivity contribution in [2.45, 2.75) is 122 Å². The van der Waals surface area contributed by atoms with Gasteiger partial charge in [-0.15, -0.1) is 0 Å². The standard InChI is InChI=1S/C46H62N6O9/c1-45(2,3)51-44(58)41-32-18-12-10-16-30(32)22-23-52(41)26-37(60-39(54)27-59-28-40(55)61-46(4,5)6)35(24-29-14-8-7-9-15-29)49-43(57)36(25-38(47)53)50-42(56)34-21-20-31-17-11-13-19-33(31)48-34/h7-9,11,13-15,17,19-21,30,32,35-37,41H,10,12,16,18,22-28H2,1-6H3,(H2,47,53)(H,49,57)(H,50,56)(H,51,58). The number of carbonyl (C=O) groups excluding carboxylic acids is 6. The Balaban J connectivity index is 1.46. The Morgan fingerprint density at radius 2 is 1.52 bits per heavy atom. The van der Waals surface area contributed by atoms with Crippen LogP contribution in [-0.2, 0) is 44.6 Å². The van der Waals surface area contributed by atoms with Crippen molar-refractivity contribution in [3.63, 3.8) is 0 Å². The molecule has 2 aromatic carbocycles. The number of esters is 2. The second-order valence-corrected chi connectivity index (χ2v) is 18.2. The van der Waals surface area contributed by atoms with Crippen LogP contribution < -0.4 is 21.7 Å². The van der Waals surface area contributed by atoms with E-state index in [1.54, 1.807) is 39.0 Å². The van der Waals surface area contributed by atoms with Gasteiger partial charge in [-0.25, -0.2) is 14.6 Å². The molecule has 4 amide bonds. The predicted octanol–water partition coefficient (Wildman–Crippen LogP) is 4.00. The Kier molecular flexibility index (Phi) is 16.0. The van der Waals surface area contributed by atoms with Crippen molar-refractivity contribution in [2.75, 3.05) is 26.3 Å². The number of aromatic nitrogens is 1. The van der Waals surface area contributed by atoms with E-state index in [1.807, 2.05) is 68.1 Å². The molecule has 1 aromatic heterocycles. The molecule has 1 saturated heterocycles. The minimum atomic E-state index is -1.42. The van der Waals surface area contributed by atoms with E-state index in [2.05, 4.69) is 20.9 Å². The summed E-state index contributed by atoms with van der Waals surface area (Å²) >= 11 is 0. The molecule has 2 aliphatic rings. The van der Waals surface area contributed by atoms with Crippen LogP contribution in [-0.4, -0.2) is 107 Å². The van der Waals surface area contributed by atoms with Gasteiger partial charge in [0.15, 0.2) is 0 Å². The Labute approximate surface area is 358 Å². The molecule has 1 aliphatic carbocycles. The molecule has 0 bridgehead atoms. The van der Waals surface area contributed by atoms with Crippen molar-refractivity contribution in [3.05, 3.63) is 78.0 Å². The second-order valence-electron chi connectivity index (χ2n) is 18.2. The molecule has 1 saturated carbocycles. The smallest absolute Gasteiger partial charge is 0.332 e. The van der Waals surface area contributed by atoms with Crippen LogP contribution in [0, 0.1) is 11.8 Å². The number of para-hydroxylation sites is 1. The number of benzene rings is 2. The summed E-state index contributed by atoms with van der Waals surface area (Å²) in [6, 6.07) is 16.9. The van der Waals surface area contributed by atoms with Crippen LogP contribution in [0.1, 0.15) is 96.1 Å². The monoisotopic (exact) mass is 842 g/mol. The highest BCUT2D eigenvalue weighted by Gasteiger charge is 2.45. The molecular formula is C46H62N6O9. The molecule has 2 fully saturated rings. The van der Waals surface area contributed by atoms with Crippen molar-refractivity contribution in [2.24, 2.45) is 17.6 Å². The van der Waals surface area contributed by atoms with Gasteiger partial charge in [0.25, 0.3) is 5.91 Å². The number of likely N-dealkylation sites (tertiary alicyclic amines) is 1. The number of piperidine rings is 1. The number of rotatable bonds is 17. The van der Waals surface area contributed by atoms with E-state index in [1.165, 1.54) is 6.07 Å². The quantitative estimate of drug-likeness (QED) is 0.143. The maximum absolute atomic E-state index is 14.4. The Morgan fingerprint density at radius 1 is 0.836 bits per heavy atom. The van der Waals surface area contributed by atoms with Gasteiger partial charge in [0.2, 0.25) is 17.7 Å². The number of fused-ring (bicyclic) bond motifs is 2. The van der Waals surface area contributed by atoms with Crippen LogP contribution in [0.15, 0.2) is 66.7 Å². The summed E-state index contributed by atoms with van der Waals surface area (Å²) < 4.78 is 16.9. The first kappa shape index (κ1) is 46.7. The van der Waals surface area contributed by atoms with Gasteiger partial charge in [-0.2, -0.15) is 0 Å². The molecule has 61 heavy (non-hydrogen) atoms. The lowest BCUT2D eigenvalue weighted by Gasteiger charge is -2.48. The summed E-state index contributed by atoms with van der Waals surface area (Å²) in [7, 11) is 0. The molecule has 15 nitrogen and oxygen atoms in total. The SMILES string of the molecule is CC(C)(C)NC(=O)C1C2CCCCC2CCN1CC(OC(=O)COCC(=O)OC(C)(C)C)C(Cc1ccccc1)NC(=O)C(CC(N)=O)NC(=O)c1ccc2ccccc2n1. The molecule has 2 heterocycles. The van der Waals surface area contributed by atoms with Gasteiger partial charge < -0.3 is 35.9 Å². The third-order valence-corrected chi connectivity index (χ3v) is 10.8. The summed E-state index contributed by atoms with van der Waals surface area (Å²) in [5.74, 6) is -3.43. The number of carbonyl (C=O) groups is 6. The minimum absolute atomic E-state index is 0.0330. The Hall–Kier alpha value is -5.41. The fraction of sp³-hybridized carbons (Fsp3) is 0.543. The maximum Gasteiger partial charge on any atom is 0.332 e. The highest BCUT2D eigenvalue weighted by molar-refractivity contribution is 5.99. The summed E-state index contributed by atoms with van der Waals surface area (Å²) in [5.41, 5.74) is 5.75. The highest BCUT2D eigenvalue weighted by atomic mass is 16.6. The molecule has 0 spiro atoms. The van der Waals surface area contributed by atoms with E-state index in [0.717, 1.165) is 43.1 Å². The molecule has 6 atom stereocenters. The number of hydrogen-bond donors (Lipinski definition) is 4. The van der Waals surface area contributed by atoms with Crippen LogP contribution in [0.3, 0.4) is 0 Å². The maximum atomic E-state index is 14.4. The zero-order chi connectivity index (χ0) is 44.3. The average molecular weight is 843 g/mol. The third kappa shape index (κ3) is 14.3. The first-order chi connectivity index (χ1) is 28.8. The van der Waals surface area contributed by atoms with Crippen LogP contribution in [0.4, 0.5) is 0 Å². The summed E-state index contributed by atoms with van der Waals surface area (Å²) in [6.45, 7) is 10.4. The van der Waals surface area contributed by atoms with Crippen molar-refractivity contribution >= 4 is 46.5 Å². The molecule has 3 aromatic rings. The molecular weight excluding hydrogens is 781 g/mol. The highest BCUT2D eigenvalue weighted by Crippen LogP contribution is 2.40. The number of amides is 4. The van der Waals surface area contributed by atoms with Crippen molar-refractivity contribution in [1.82, 2.24) is 25.8 Å². The minimum Gasteiger partial charge on any atom is -0.458 e. The van der Waals surface area contributed by atoms with E-state index in [-0.39, 0.29) is 30.5 Å². The molecule has 1 aliphatic heterocycles. The number of ether oxygens (including phenoxy) is 3. The van der Waals surface area contributed by atoms with Crippen molar-refractivity contribution in [3.8, 4) is 0 Å². The van der Waals surface area contributed by atoms with Gasteiger partial charge in [0.05, 0.1) is 24.0 Å². The lowest BCUT2D eigenvalue weighted by atomic mass is 9.70. The van der Waals surface area contributed by atoms with Gasteiger partial charge in [0, 0.05) is 17.5 Å². The molecule has 15 heteroatoms. The fourth-order valence-electron chi connectivity index (χ4n) is 8.29. The molecule has 5 rings (SSSR count). The van der Waals surface area contributed by atoms with E-state index >= 15 is 0 Å². The second kappa shape index (κ2) is 20.9. The topological polar surface area (TPSA) is 208 Å². The van der Waals surface area contributed by atoms with Gasteiger partial charge in [-0.1, -0.05) is 73.9 Å². The summed E-state index contributed by atoms with van der Waals surface area (Å²) in [5, 5.41) is 9.63. The van der Waals surface area contributed by atoms with Crippen molar-refractivity contribution < 1.29 is 43.0 Å². The summed E-state index contributed by atoms with van der Waals surface area (Å²) in [4.78, 5) is 87.1. The van der Waals surface area contributed by atoms with Crippen LogP contribution in [0.25, 0.3) is 10.9 Å². The first-order valence-corrected chi connectivity index (χ1v) is 21.2. The number of nitrogens with two attached hydrogens (primary N) is 1. The molecule has 5 N–H and O–H groups in total. The number of pyridine rings is 1. The first-order valence-electron chi connectivity index (χ1n) is 21.2. The number of hydrogen-bond acceptors (Lipinski definition) is 11.